The summed E-state index contributed by atoms with van der Waals surface area (Å²) in [5, 5.41) is 6.12. The zero-order valence-electron chi connectivity index (χ0n) is 15.6. The van der Waals surface area contributed by atoms with Gasteiger partial charge in [-0.2, -0.15) is 0 Å². The summed E-state index contributed by atoms with van der Waals surface area (Å²) in [6.45, 7) is 5.76. The molecule has 2 aliphatic heterocycles. The second kappa shape index (κ2) is 8.09. The van der Waals surface area contributed by atoms with Gasteiger partial charge in [0, 0.05) is 24.7 Å². The van der Waals surface area contributed by atoms with Crippen molar-refractivity contribution in [1.29, 1.82) is 0 Å². The summed E-state index contributed by atoms with van der Waals surface area (Å²) in [6, 6.07) is 8.86. The average Bonchev–Trinajstić information content (AvgIpc) is 2.55. The molecule has 2 unspecified atom stereocenters. The van der Waals surface area contributed by atoms with Crippen molar-refractivity contribution < 1.29 is 9.53 Å². The minimum atomic E-state index is -0.134. The lowest BCUT2D eigenvalue weighted by Crippen LogP contribution is -2.58. The number of carbonyl (C=O) groups is 1. The molecular weight excluding hydrogens is 314 g/mol. The number of anilines is 1. The summed E-state index contributed by atoms with van der Waals surface area (Å²) >= 11 is 0. The molecule has 5 heteroatoms. The molecule has 138 valence electrons. The molecule has 0 aliphatic carbocycles. The van der Waals surface area contributed by atoms with Crippen LogP contribution in [0, 0.1) is 5.92 Å². The molecule has 2 amide bonds. The number of ether oxygens (including phenoxy) is 1. The molecular formula is C20H31N3O2. The predicted octanol–water partition coefficient (Wildman–Crippen LogP) is 3.86. The Hall–Kier alpha value is -1.75. The standard InChI is InChI=1S/C20H31N3O2/c1-14(2)13-23-16-7-6-8-17(23)12-15(11-16)21-20(24)22-18-9-4-5-10-19(18)25-3/h4-5,9-10,14-17H,6-8,11-13H2,1-3H3,(H2,21,22,24). The van der Waals surface area contributed by atoms with Crippen molar-refractivity contribution >= 4 is 11.7 Å². The number of nitrogens with one attached hydrogen (secondary N) is 2. The smallest absolute Gasteiger partial charge is 0.319 e. The highest BCUT2D eigenvalue weighted by atomic mass is 16.5. The van der Waals surface area contributed by atoms with Gasteiger partial charge in [-0.25, -0.2) is 4.79 Å². The third-order valence-corrected chi connectivity index (χ3v) is 5.39. The summed E-state index contributed by atoms with van der Waals surface area (Å²) in [4.78, 5) is 15.1. The minimum Gasteiger partial charge on any atom is -0.495 e. The zero-order chi connectivity index (χ0) is 17.8. The molecule has 2 saturated heterocycles. The van der Waals surface area contributed by atoms with Gasteiger partial charge in [0.1, 0.15) is 5.75 Å². The van der Waals surface area contributed by atoms with Crippen LogP contribution in [0.4, 0.5) is 10.5 Å². The number of carbonyl (C=O) groups excluding carboxylic acids is 1. The van der Waals surface area contributed by atoms with Gasteiger partial charge in [-0.1, -0.05) is 32.4 Å². The van der Waals surface area contributed by atoms with E-state index in [1.807, 2.05) is 24.3 Å². The van der Waals surface area contributed by atoms with Crippen molar-refractivity contribution in [2.45, 2.75) is 64.1 Å². The Morgan fingerprint density at radius 1 is 1.24 bits per heavy atom. The van der Waals surface area contributed by atoms with Gasteiger partial charge >= 0.3 is 6.03 Å². The van der Waals surface area contributed by atoms with Crippen molar-refractivity contribution in [3.63, 3.8) is 0 Å². The minimum absolute atomic E-state index is 0.134. The highest BCUT2D eigenvalue weighted by Gasteiger charge is 2.38. The third-order valence-electron chi connectivity index (χ3n) is 5.39. The molecule has 5 nitrogen and oxygen atoms in total. The van der Waals surface area contributed by atoms with Crippen LogP contribution in [0.3, 0.4) is 0 Å². The van der Waals surface area contributed by atoms with E-state index in [2.05, 4.69) is 29.4 Å². The lowest BCUT2D eigenvalue weighted by molar-refractivity contribution is 0.0180. The average molecular weight is 345 g/mol. The number of piperidine rings is 2. The first kappa shape index (κ1) is 18.1. The maximum absolute atomic E-state index is 12.4. The van der Waals surface area contributed by atoms with Gasteiger partial charge in [-0.05, 0) is 43.7 Å². The molecule has 2 N–H and O–H groups in total. The Morgan fingerprint density at radius 2 is 1.92 bits per heavy atom. The maximum Gasteiger partial charge on any atom is 0.319 e. The van der Waals surface area contributed by atoms with Crippen molar-refractivity contribution in [2.24, 2.45) is 5.92 Å². The first-order chi connectivity index (χ1) is 12.1. The molecule has 2 fully saturated rings. The van der Waals surface area contributed by atoms with Gasteiger partial charge < -0.3 is 15.4 Å². The normalized spacial score (nSPS) is 26.3. The molecule has 1 aromatic carbocycles. The predicted molar refractivity (Wildman–Crippen MR) is 101 cm³/mol. The van der Waals surface area contributed by atoms with E-state index in [4.69, 9.17) is 4.74 Å². The van der Waals surface area contributed by atoms with Crippen LogP contribution >= 0.6 is 0 Å². The molecule has 25 heavy (non-hydrogen) atoms. The molecule has 2 bridgehead atoms. The van der Waals surface area contributed by atoms with Crippen molar-refractivity contribution in [2.75, 3.05) is 19.0 Å². The van der Waals surface area contributed by atoms with Gasteiger partial charge in [0.2, 0.25) is 0 Å². The number of para-hydroxylation sites is 2. The van der Waals surface area contributed by atoms with E-state index in [-0.39, 0.29) is 12.1 Å². The molecule has 2 atom stereocenters. The Kier molecular flexibility index (Phi) is 5.84. The number of rotatable bonds is 5. The summed E-state index contributed by atoms with van der Waals surface area (Å²) < 4.78 is 5.30. The Labute approximate surface area is 151 Å². The fourth-order valence-electron chi connectivity index (χ4n) is 4.41. The largest absolute Gasteiger partial charge is 0.495 e. The number of hydrogen-bond donors (Lipinski definition) is 2. The summed E-state index contributed by atoms with van der Waals surface area (Å²) in [6.07, 6.45) is 5.96. The van der Waals surface area contributed by atoms with Gasteiger partial charge in [0.25, 0.3) is 0 Å². The number of methoxy groups -OCH3 is 1. The molecule has 0 aromatic heterocycles. The lowest BCUT2D eigenvalue weighted by atomic mass is 9.81. The summed E-state index contributed by atoms with van der Waals surface area (Å²) in [5.74, 6) is 1.38. The number of hydrogen-bond acceptors (Lipinski definition) is 3. The van der Waals surface area contributed by atoms with E-state index in [0.29, 0.717) is 29.4 Å². The second-order valence-corrected chi connectivity index (χ2v) is 7.80. The Balaban J connectivity index is 1.58. The van der Waals surface area contributed by atoms with Gasteiger partial charge in [-0.15, -0.1) is 0 Å². The van der Waals surface area contributed by atoms with Gasteiger partial charge in [0.15, 0.2) is 0 Å². The van der Waals surface area contributed by atoms with Gasteiger partial charge in [-0.3, -0.25) is 4.90 Å². The van der Waals surface area contributed by atoms with Crippen LogP contribution in [0.25, 0.3) is 0 Å². The molecule has 2 aliphatic rings. The van der Waals surface area contributed by atoms with E-state index in [1.54, 1.807) is 7.11 Å². The maximum atomic E-state index is 12.4. The van der Waals surface area contributed by atoms with E-state index < -0.39 is 0 Å². The molecule has 0 radical (unpaired) electrons. The lowest BCUT2D eigenvalue weighted by Gasteiger charge is -2.49. The van der Waals surface area contributed by atoms with E-state index >= 15 is 0 Å². The number of amides is 2. The molecule has 0 saturated carbocycles. The molecule has 3 rings (SSSR count). The first-order valence-electron chi connectivity index (χ1n) is 9.53. The van der Waals surface area contributed by atoms with Crippen LogP contribution in [0.2, 0.25) is 0 Å². The fourth-order valence-corrected chi connectivity index (χ4v) is 4.41. The van der Waals surface area contributed by atoms with Crippen molar-refractivity contribution in [3.05, 3.63) is 24.3 Å². The Morgan fingerprint density at radius 3 is 2.56 bits per heavy atom. The van der Waals surface area contributed by atoms with E-state index in [0.717, 1.165) is 12.8 Å². The quantitative estimate of drug-likeness (QED) is 0.852. The van der Waals surface area contributed by atoms with Crippen LogP contribution in [-0.4, -0.2) is 42.7 Å². The van der Waals surface area contributed by atoms with Gasteiger partial charge in [0.05, 0.1) is 12.8 Å². The van der Waals surface area contributed by atoms with Crippen LogP contribution in [0.1, 0.15) is 46.0 Å². The van der Waals surface area contributed by atoms with Crippen LogP contribution in [0.15, 0.2) is 24.3 Å². The topological polar surface area (TPSA) is 53.6 Å². The number of benzene rings is 1. The van der Waals surface area contributed by atoms with Crippen LogP contribution in [-0.2, 0) is 0 Å². The summed E-state index contributed by atoms with van der Waals surface area (Å²) in [5.41, 5.74) is 0.708. The number of nitrogens with zero attached hydrogens (tertiary/aromatic N) is 1. The van der Waals surface area contributed by atoms with Crippen molar-refractivity contribution in [1.82, 2.24) is 10.2 Å². The highest BCUT2D eigenvalue weighted by Crippen LogP contribution is 2.34. The van der Waals surface area contributed by atoms with Crippen molar-refractivity contribution in [3.8, 4) is 5.75 Å². The Bertz CT molecular complexity index is 576. The first-order valence-corrected chi connectivity index (χ1v) is 9.53. The van der Waals surface area contributed by atoms with Crippen LogP contribution < -0.4 is 15.4 Å². The van der Waals surface area contributed by atoms with Crippen LogP contribution in [0.5, 0.6) is 5.75 Å². The number of fused-ring (bicyclic) bond motifs is 2. The number of urea groups is 1. The molecule has 2 heterocycles. The third kappa shape index (κ3) is 4.46. The fraction of sp³-hybridized carbons (Fsp3) is 0.650. The van der Waals surface area contributed by atoms with E-state index in [1.165, 1.54) is 25.8 Å². The SMILES string of the molecule is COc1ccccc1NC(=O)NC1CC2CCCC(C1)N2CC(C)C. The molecule has 1 aromatic rings. The highest BCUT2D eigenvalue weighted by molar-refractivity contribution is 5.91. The molecule has 0 spiro atoms. The zero-order valence-corrected chi connectivity index (χ0v) is 15.6. The second-order valence-electron chi connectivity index (χ2n) is 7.80. The van der Waals surface area contributed by atoms with E-state index in [9.17, 15) is 4.79 Å². The monoisotopic (exact) mass is 345 g/mol. The summed E-state index contributed by atoms with van der Waals surface area (Å²) in [7, 11) is 1.62.